The predicted molar refractivity (Wildman–Crippen MR) is 45.7 cm³/mol. The van der Waals surface area contributed by atoms with Gasteiger partial charge in [-0.15, -0.1) is 0 Å². The van der Waals surface area contributed by atoms with E-state index in [1.807, 2.05) is 19.1 Å². The van der Waals surface area contributed by atoms with Crippen molar-refractivity contribution < 1.29 is 9.90 Å². The van der Waals surface area contributed by atoms with Crippen LogP contribution < -0.4 is 5.73 Å². The van der Waals surface area contributed by atoms with Crippen LogP contribution >= 0.6 is 0 Å². The number of aryl methyl sites for hydroxylation is 1. The molecule has 1 aromatic heterocycles. The number of nitrogens with two attached hydrogens (primary N) is 1. The molecule has 0 atom stereocenters. The molecule has 1 rings (SSSR count). The molecule has 3 N–H and O–H groups in total. The third kappa shape index (κ3) is 6.70. The van der Waals surface area contributed by atoms with Crippen LogP contribution in [-0.4, -0.2) is 22.6 Å². The van der Waals surface area contributed by atoms with Crippen LogP contribution in [0.1, 0.15) is 5.56 Å². The van der Waals surface area contributed by atoms with Crippen LogP contribution in [0.5, 0.6) is 0 Å². The Morgan fingerprint density at radius 3 is 2.17 bits per heavy atom. The fourth-order valence-electron chi connectivity index (χ4n) is 0.426. The van der Waals surface area contributed by atoms with E-state index in [1.165, 1.54) is 5.56 Å². The van der Waals surface area contributed by atoms with Crippen molar-refractivity contribution in [2.45, 2.75) is 6.92 Å². The molecule has 4 nitrogen and oxygen atoms in total. The number of aromatic nitrogens is 1. The summed E-state index contributed by atoms with van der Waals surface area (Å²) < 4.78 is 0. The maximum Gasteiger partial charge on any atom is 0.317 e. The molecule has 0 radical (unpaired) electrons. The quantitative estimate of drug-likeness (QED) is 0.637. The van der Waals surface area contributed by atoms with Gasteiger partial charge in [0.25, 0.3) is 0 Å². The van der Waals surface area contributed by atoms with Crippen molar-refractivity contribution in [3.8, 4) is 0 Å². The van der Waals surface area contributed by atoms with Gasteiger partial charge in [-0.05, 0) is 24.6 Å². The van der Waals surface area contributed by atoms with Gasteiger partial charge in [-0.2, -0.15) is 0 Å². The number of carbonyl (C=O) groups is 1. The number of pyridine rings is 1. The molecule has 0 saturated carbocycles. The van der Waals surface area contributed by atoms with Crippen molar-refractivity contribution in [2.24, 2.45) is 5.73 Å². The summed E-state index contributed by atoms with van der Waals surface area (Å²) in [6.07, 6.45) is 3.57. The summed E-state index contributed by atoms with van der Waals surface area (Å²) in [5.74, 6) is -0.968. The van der Waals surface area contributed by atoms with Crippen molar-refractivity contribution in [2.75, 3.05) is 6.54 Å². The van der Waals surface area contributed by atoms with E-state index in [1.54, 1.807) is 12.4 Å². The van der Waals surface area contributed by atoms with E-state index in [2.05, 4.69) is 10.7 Å². The van der Waals surface area contributed by atoms with Crippen LogP contribution in [0.3, 0.4) is 0 Å². The summed E-state index contributed by atoms with van der Waals surface area (Å²) in [5, 5.41) is 7.60. The standard InChI is InChI=1S/C6H7N.C2H5NO2/c1-6-2-4-7-5-3-6;3-1-2(4)5/h2-5H,1H3;1,3H2,(H,4,5). The van der Waals surface area contributed by atoms with E-state index in [0.29, 0.717) is 0 Å². The molecule has 1 aromatic rings. The average molecular weight is 168 g/mol. The van der Waals surface area contributed by atoms with Crippen LogP contribution in [0, 0.1) is 6.92 Å². The lowest BCUT2D eigenvalue weighted by Gasteiger charge is -1.82. The van der Waals surface area contributed by atoms with Crippen LogP contribution in [-0.2, 0) is 4.79 Å². The summed E-state index contributed by atoms with van der Waals surface area (Å²) in [7, 11) is 0. The lowest BCUT2D eigenvalue weighted by atomic mass is 10.3. The minimum atomic E-state index is -0.968. The Morgan fingerprint density at radius 1 is 1.58 bits per heavy atom. The first-order valence-corrected chi connectivity index (χ1v) is 3.45. The summed E-state index contributed by atoms with van der Waals surface area (Å²) in [4.78, 5) is 13.1. The molecule has 0 saturated heterocycles. The van der Waals surface area contributed by atoms with Gasteiger partial charge >= 0.3 is 5.97 Å². The van der Waals surface area contributed by atoms with E-state index in [9.17, 15) is 4.79 Å². The molecule has 0 aromatic carbocycles. The van der Waals surface area contributed by atoms with Crippen molar-refractivity contribution in [1.82, 2.24) is 4.98 Å². The highest BCUT2D eigenvalue weighted by molar-refractivity contribution is 5.68. The molecule has 0 bridgehead atoms. The van der Waals surface area contributed by atoms with Crippen LogP contribution in [0.25, 0.3) is 0 Å². The normalized spacial score (nSPS) is 8.17. The molecule has 0 unspecified atom stereocenters. The molecule has 4 heteroatoms. The lowest BCUT2D eigenvalue weighted by molar-refractivity contribution is -0.135. The van der Waals surface area contributed by atoms with Gasteiger partial charge in [0.1, 0.15) is 0 Å². The van der Waals surface area contributed by atoms with Gasteiger partial charge in [0.2, 0.25) is 0 Å². The second-order valence-corrected chi connectivity index (χ2v) is 2.12. The highest BCUT2D eigenvalue weighted by Gasteiger charge is 1.81. The Morgan fingerprint density at radius 2 is 2.00 bits per heavy atom. The van der Waals surface area contributed by atoms with E-state index in [-0.39, 0.29) is 6.54 Å². The molecule has 0 spiro atoms. The first-order valence-electron chi connectivity index (χ1n) is 3.45. The number of carboxylic acids is 1. The maximum absolute atomic E-state index is 9.24. The van der Waals surface area contributed by atoms with E-state index < -0.39 is 5.97 Å². The third-order valence-electron chi connectivity index (χ3n) is 1.02. The summed E-state index contributed by atoms with van der Waals surface area (Å²) in [6, 6.07) is 3.94. The van der Waals surface area contributed by atoms with Crippen LogP contribution in [0.15, 0.2) is 24.5 Å². The molecule has 0 amide bonds. The number of hydrogen-bond acceptors (Lipinski definition) is 3. The summed E-state index contributed by atoms with van der Waals surface area (Å²) >= 11 is 0. The molecule has 12 heavy (non-hydrogen) atoms. The Bertz CT molecular complexity index is 224. The van der Waals surface area contributed by atoms with Gasteiger partial charge in [0, 0.05) is 12.4 Å². The zero-order valence-electron chi connectivity index (χ0n) is 6.90. The highest BCUT2D eigenvalue weighted by atomic mass is 16.4. The number of hydrogen-bond donors (Lipinski definition) is 2. The van der Waals surface area contributed by atoms with Gasteiger partial charge in [0.05, 0.1) is 6.54 Å². The minimum Gasteiger partial charge on any atom is -0.480 e. The summed E-state index contributed by atoms with van der Waals surface area (Å²) in [5.41, 5.74) is 5.83. The first-order chi connectivity index (χ1) is 5.66. The maximum atomic E-state index is 9.24. The molecule has 1 heterocycles. The fourth-order valence-corrected chi connectivity index (χ4v) is 0.426. The Kier molecular flexibility index (Phi) is 5.55. The van der Waals surface area contributed by atoms with Crippen LogP contribution in [0.4, 0.5) is 0 Å². The molecule has 0 aliphatic heterocycles. The van der Waals surface area contributed by atoms with E-state index >= 15 is 0 Å². The van der Waals surface area contributed by atoms with Crippen molar-refractivity contribution in [3.05, 3.63) is 30.1 Å². The SMILES string of the molecule is Cc1ccncc1.NCC(=O)O. The fraction of sp³-hybridized carbons (Fsp3) is 0.250. The number of aliphatic carboxylic acids is 1. The molecule has 0 fully saturated rings. The Balaban J connectivity index is 0.000000217. The first kappa shape index (κ1) is 10.6. The van der Waals surface area contributed by atoms with Gasteiger partial charge in [-0.25, -0.2) is 0 Å². The minimum absolute atomic E-state index is 0.278. The van der Waals surface area contributed by atoms with E-state index in [0.717, 1.165) is 0 Å². The van der Waals surface area contributed by atoms with Gasteiger partial charge in [-0.3, -0.25) is 9.78 Å². The third-order valence-corrected chi connectivity index (χ3v) is 1.02. The van der Waals surface area contributed by atoms with Crippen molar-refractivity contribution in [1.29, 1.82) is 0 Å². The Labute approximate surface area is 71.0 Å². The highest BCUT2D eigenvalue weighted by Crippen LogP contribution is 1.88. The van der Waals surface area contributed by atoms with E-state index in [4.69, 9.17) is 5.11 Å². The average Bonchev–Trinajstić information content (AvgIpc) is 2.07. The molecular weight excluding hydrogens is 156 g/mol. The Hall–Kier alpha value is -1.42. The second kappa shape index (κ2) is 6.30. The second-order valence-electron chi connectivity index (χ2n) is 2.12. The number of carboxylic acid groups (broad SMARTS) is 1. The summed E-state index contributed by atoms with van der Waals surface area (Å²) in [6.45, 7) is 1.77. The van der Waals surface area contributed by atoms with Crippen molar-refractivity contribution >= 4 is 5.97 Å². The predicted octanol–water partition coefficient (Wildman–Crippen LogP) is 0.420. The molecule has 0 aliphatic carbocycles. The topological polar surface area (TPSA) is 76.2 Å². The monoisotopic (exact) mass is 168 g/mol. The number of nitrogens with zero attached hydrogens (tertiary/aromatic N) is 1. The lowest BCUT2D eigenvalue weighted by Crippen LogP contribution is -2.10. The smallest absolute Gasteiger partial charge is 0.317 e. The number of rotatable bonds is 1. The van der Waals surface area contributed by atoms with Gasteiger partial charge in [-0.1, -0.05) is 0 Å². The van der Waals surface area contributed by atoms with Gasteiger partial charge in [0.15, 0.2) is 0 Å². The zero-order valence-corrected chi connectivity index (χ0v) is 6.90. The zero-order chi connectivity index (χ0) is 9.40. The van der Waals surface area contributed by atoms with Crippen LogP contribution in [0.2, 0.25) is 0 Å². The van der Waals surface area contributed by atoms with Gasteiger partial charge < -0.3 is 10.8 Å². The largest absolute Gasteiger partial charge is 0.480 e. The molecule has 66 valence electrons. The van der Waals surface area contributed by atoms with Crippen molar-refractivity contribution in [3.63, 3.8) is 0 Å². The molecular formula is C8H12N2O2. The molecule has 0 aliphatic rings.